The van der Waals surface area contributed by atoms with E-state index in [-0.39, 0.29) is 29.8 Å². The van der Waals surface area contributed by atoms with E-state index in [0.717, 1.165) is 12.8 Å². The number of hydrogen-bond donors (Lipinski definition) is 2. The van der Waals surface area contributed by atoms with Crippen molar-refractivity contribution < 1.29 is 14.4 Å². The minimum atomic E-state index is -0.330. The van der Waals surface area contributed by atoms with Crippen molar-refractivity contribution in [1.29, 1.82) is 0 Å². The second kappa shape index (κ2) is 5.48. The highest BCUT2D eigenvalue weighted by Gasteiger charge is 2.33. The van der Waals surface area contributed by atoms with Crippen LogP contribution in [0.3, 0.4) is 0 Å². The number of hydrogen-bond acceptors (Lipinski definition) is 4. The van der Waals surface area contributed by atoms with Crippen molar-refractivity contribution in [1.82, 2.24) is 15.5 Å². The molecular weight excluding hydrogens is 234 g/mol. The van der Waals surface area contributed by atoms with Gasteiger partial charge in [0.2, 0.25) is 17.7 Å². The van der Waals surface area contributed by atoms with E-state index in [4.69, 9.17) is 0 Å². The molecule has 2 fully saturated rings. The van der Waals surface area contributed by atoms with Crippen molar-refractivity contribution in [2.24, 2.45) is 0 Å². The van der Waals surface area contributed by atoms with Gasteiger partial charge in [-0.05, 0) is 19.3 Å². The van der Waals surface area contributed by atoms with E-state index in [0.29, 0.717) is 25.8 Å². The summed E-state index contributed by atoms with van der Waals surface area (Å²) in [5.41, 5.74) is 0. The first-order valence-corrected chi connectivity index (χ1v) is 6.41. The van der Waals surface area contributed by atoms with Gasteiger partial charge < -0.3 is 10.6 Å². The molecule has 2 atom stereocenters. The Morgan fingerprint density at radius 3 is 2.83 bits per heavy atom. The number of likely N-dealkylation sites (tertiary alicyclic amines) is 1. The van der Waals surface area contributed by atoms with Crippen molar-refractivity contribution in [3.8, 4) is 0 Å². The van der Waals surface area contributed by atoms with Gasteiger partial charge in [0.25, 0.3) is 0 Å². The fourth-order valence-electron chi connectivity index (χ4n) is 2.47. The summed E-state index contributed by atoms with van der Waals surface area (Å²) in [5, 5.41) is 6.04. The highest BCUT2D eigenvalue weighted by atomic mass is 16.2. The SMILES string of the molecule is CN1C(=O)CCC(NC2CCCNC(=O)C2)C1=O. The lowest BCUT2D eigenvalue weighted by Crippen LogP contribution is -2.54. The van der Waals surface area contributed by atoms with Gasteiger partial charge in [0.15, 0.2) is 0 Å². The van der Waals surface area contributed by atoms with Gasteiger partial charge in [0, 0.05) is 32.5 Å². The molecule has 2 aliphatic heterocycles. The van der Waals surface area contributed by atoms with Crippen LogP contribution in [0.25, 0.3) is 0 Å². The summed E-state index contributed by atoms with van der Waals surface area (Å²) in [7, 11) is 1.51. The molecule has 0 aliphatic carbocycles. The van der Waals surface area contributed by atoms with Crippen LogP contribution >= 0.6 is 0 Å². The summed E-state index contributed by atoms with van der Waals surface area (Å²) < 4.78 is 0. The lowest BCUT2D eigenvalue weighted by Gasteiger charge is -2.30. The third kappa shape index (κ3) is 2.87. The fraction of sp³-hybridized carbons (Fsp3) is 0.750. The van der Waals surface area contributed by atoms with Crippen LogP contribution < -0.4 is 10.6 Å². The zero-order valence-electron chi connectivity index (χ0n) is 10.6. The molecule has 2 saturated heterocycles. The third-order valence-corrected chi connectivity index (χ3v) is 3.57. The van der Waals surface area contributed by atoms with Crippen LogP contribution in [0.15, 0.2) is 0 Å². The van der Waals surface area contributed by atoms with Gasteiger partial charge in [-0.3, -0.25) is 19.3 Å². The molecule has 0 aromatic heterocycles. The van der Waals surface area contributed by atoms with Crippen LogP contribution in [0, 0.1) is 0 Å². The van der Waals surface area contributed by atoms with Crippen LogP contribution in [0.4, 0.5) is 0 Å². The molecule has 0 aromatic carbocycles. The molecule has 2 heterocycles. The number of nitrogens with zero attached hydrogens (tertiary/aromatic N) is 1. The molecular formula is C12H19N3O3. The fourth-order valence-corrected chi connectivity index (χ4v) is 2.47. The zero-order chi connectivity index (χ0) is 13.1. The Kier molecular flexibility index (Phi) is 3.96. The Hall–Kier alpha value is -1.43. The first-order valence-electron chi connectivity index (χ1n) is 6.41. The minimum Gasteiger partial charge on any atom is -0.356 e. The molecule has 2 aliphatic rings. The predicted octanol–water partition coefficient (Wildman–Crippen LogP) is -0.608. The number of imide groups is 1. The Labute approximate surface area is 106 Å². The van der Waals surface area contributed by atoms with Crippen LogP contribution in [-0.2, 0) is 14.4 Å². The number of rotatable bonds is 2. The van der Waals surface area contributed by atoms with Crippen molar-refractivity contribution in [3.63, 3.8) is 0 Å². The van der Waals surface area contributed by atoms with E-state index < -0.39 is 0 Å². The van der Waals surface area contributed by atoms with Gasteiger partial charge >= 0.3 is 0 Å². The summed E-state index contributed by atoms with van der Waals surface area (Å²) in [4.78, 5) is 35.9. The van der Waals surface area contributed by atoms with Crippen LogP contribution in [0.2, 0.25) is 0 Å². The van der Waals surface area contributed by atoms with Crippen LogP contribution in [0.1, 0.15) is 32.1 Å². The smallest absolute Gasteiger partial charge is 0.246 e. The molecule has 2 unspecified atom stereocenters. The van der Waals surface area contributed by atoms with Gasteiger partial charge in [-0.1, -0.05) is 0 Å². The zero-order valence-corrected chi connectivity index (χ0v) is 10.6. The van der Waals surface area contributed by atoms with E-state index in [9.17, 15) is 14.4 Å². The molecule has 100 valence electrons. The van der Waals surface area contributed by atoms with Gasteiger partial charge in [-0.2, -0.15) is 0 Å². The first-order chi connectivity index (χ1) is 8.58. The molecule has 6 nitrogen and oxygen atoms in total. The summed E-state index contributed by atoms with van der Waals surface area (Å²) in [5.74, 6) is -0.287. The first kappa shape index (κ1) is 13.0. The average Bonchev–Trinajstić information content (AvgIpc) is 2.54. The molecule has 2 rings (SSSR count). The Morgan fingerprint density at radius 2 is 2.06 bits per heavy atom. The maximum absolute atomic E-state index is 11.9. The lowest BCUT2D eigenvalue weighted by molar-refractivity contribution is -0.148. The quantitative estimate of drug-likeness (QED) is 0.644. The molecule has 0 aromatic rings. The number of amides is 3. The highest BCUT2D eigenvalue weighted by Crippen LogP contribution is 2.15. The van der Waals surface area contributed by atoms with E-state index in [1.54, 1.807) is 0 Å². The van der Waals surface area contributed by atoms with Crippen molar-refractivity contribution >= 4 is 17.7 Å². The van der Waals surface area contributed by atoms with Crippen LogP contribution in [0.5, 0.6) is 0 Å². The molecule has 2 N–H and O–H groups in total. The molecule has 3 amide bonds. The average molecular weight is 253 g/mol. The normalized spacial score (nSPS) is 30.1. The molecule has 0 saturated carbocycles. The Bertz CT molecular complexity index is 370. The maximum Gasteiger partial charge on any atom is 0.246 e. The van der Waals surface area contributed by atoms with Crippen LogP contribution in [-0.4, -0.2) is 48.3 Å². The number of likely N-dealkylation sites (N-methyl/N-ethyl adjacent to an activating group) is 1. The Morgan fingerprint density at radius 1 is 1.28 bits per heavy atom. The Balaban J connectivity index is 1.94. The molecule has 0 radical (unpaired) electrons. The van der Waals surface area contributed by atoms with Gasteiger partial charge in [-0.25, -0.2) is 0 Å². The summed E-state index contributed by atoms with van der Waals surface area (Å²) >= 11 is 0. The maximum atomic E-state index is 11.9. The van der Waals surface area contributed by atoms with E-state index in [1.807, 2.05) is 0 Å². The van der Waals surface area contributed by atoms with Crippen molar-refractivity contribution in [2.45, 2.75) is 44.2 Å². The highest BCUT2D eigenvalue weighted by molar-refractivity contribution is 6.00. The summed E-state index contributed by atoms with van der Waals surface area (Å²) in [6.45, 7) is 0.702. The monoisotopic (exact) mass is 253 g/mol. The second-order valence-corrected chi connectivity index (χ2v) is 4.94. The van der Waals surface area contributed by atoms with E-state index in [2.05, 4.69) is 10.6 Å². The molecule has 18 heavy (non-hydrogen) atoms. The summed E-state index contributed by atoms with van der Waals surface area (Å²) in [6.07, 6.45) is 3.11. The largest absolute Gasteiger partial charge is 0.356 e. The van der Waals surface area contributed by atoms with E-state index >= 15 is 0 Å². The number of piperidine rings is 1. The van der Waals surface area contributed by atoms with Crippen molar-refractivity contribution in [2.75, 3.05) is 13.6 Å². The lowest BCUT2D eigenvalue weighted by atomic mass is 10.0. The van der Waals surface area contributed by atoms with Crippen molar-refractivity contribution in [3.05, 3.63) is 0 Å². The van der Waals surface area contributed by atoms with Gasteiger partial charge in [0.05, 0.1) is 6.04 Å². The van der Waals surface area contributed by atoms with E-state index in [1.165, 1.54) is 11.9 Å². The number of nitrogens with one attached hydrogen (secondary N) is 2. The summed E-state index contributed by atoms with van der Waals surface area (Å²) in [6, 6.07) is -0.299. The minimum absolute atomic E-state index is 0.0256. The van der Waals surface area contributed by atoms with Gasteiger partial charge in [0.1, 0.15) is 0 Å². The molecule has 6 heteroatoms. The number of carbonyl (C=O) groups excluding carboxylic acids is 3. The topological polar surface area (TPSA) is 78.5 Å². The molecule has 0 bridgehead atoms. The molecule has 0 spiro atoms. The third-order valence-electron chi connectivity index (χ3n) is 3.57. The number of carbonyl (C=O) groups is 3. The second-order valence-electron chi connectivity index (χ2n) is 4.94. The van der Waals surface area contributed by atoms with Gasteiger partial charge in [-0.15, -0.1) is 0 Å². The predicted molar refractivity (Wildman–Crippen MR) is 64.6 cm³/mol. The standard InChI is InChI=1S/C12H19N3O3/c1-15-11(17)5-4-9(12(15)18)14-8-3-2-6-13-10(16)7-8/h8-9,14H,2-7H2,1H3,(H,13,16).